The number of ether oxygens (including phenoxy) is 1. The van der Waals surface area contributed by atoms with Gasteiger partial charge in [0.15, 0.2) is 0 Å². The van der Waals surface area contributed by atoms with Gasteiger partial charge in [0.25, 0.3) is 5.91 Å². The lowest BCUT2D eigenvalue weighted by Crippen LogP contribution is -2.65. The van der Waals surface area contributed by atoms with Gasteiger partial charge in [-0.05, 0) is 31.4 Å². The zero-order chi connectivity index (χ0) is 15.2. The fraction of sp³-hybridized carbons (Fsp3) is 0.533. The van der Waals surface area contributed by atoms with E-state index in [0.717, 1.165) is 12.8 Å². The second kappa shape index (κ2) is 5.03. The fourth-order valence-electron chi connectivity index (χ4n) is 3.64. The van der Waals surface area contributed by atoms with E-state index < -0.39 is 0 Å². The van der Waals surface area contributed by atoms with Crippen LogP contribution in [0, 0.1) is 5.41 Å². The SMILES string of the molecule is O=C(N[C@@H]1C[C@@H](O)C12CCOCC2)c1cnn2ncccc12. The minimum absolute atomic E-state index is 0.00878. The van der Waals surface area contributed by atoms with E-state index in [1.807, 2.05) is 6.07 Å². The van der Waals surface area contributed by atoms with Gasteiger partial charge in [0, 0.05) is 30.9 Å². The minimum atomic E-state index is -0.354. The monoisotopic (exact) mass is 302 g/mol. The van der Waals surface area contributed by atoms with E-state index in [2.05, 4.69) is 15.5 Å². The van der Waals surface area contributed by atoms with Crippen LogP contribution in [0.25, 0.3) is 5.52 Å². The summed E-state index contributed by atoms with van der Waals surface area (Å²) in [5.74, 6) is -0.161. The normalized spacial score (nSPS) is 26.8. The molecule has 1 spiro atoms. The van der Waals surface area contributed by atoms with Crippen LogP contribution in [-0.2, 0) is 4.74 Å². The lowest BCUT2D eigenvalue weighted by molar-refractivity contribution is -0.145. The first-order valence-electron chi connectivity index (χ1n) is 7.56. The summed E-state index contributed by atoms with van der Waals surface area (Å²) in [4.78, 5) is 12.6. The molecule has 1 amide bonds. The predicted octanol–water partition coefficient (Wildman–Crippen LogP) is 0.389. The molecule has 2 fully saturated rings. The molecule has 0 aromatic carbocycles. The van der Waals surface area contributed by atoms with Crippen molar-refractivity contribution in [2.45, 2.75) is 31.4 Å². The summed E-state index contributed by atoms with van der Waals surface area (Å²) in [6.45, 7) is 1.29. The highest BCUT2D eigenvalue weighted by atomic mass is 16.5. The van der Waals surface area contributed by atoms with Crippen molar-refractivity contribution >= 4 is 11.4 Å². The van der Waals surface area contributed by atoms with E-state index in [1.54, 1.807) is 12.3 Å². The van der Waals surface area contributed by atoms with E-state index >= 15 is 0 Å². The molecule has 1 aliphatic heterocycles. The molecule has 0 bridgehead atoms. The topological polar surface area (TPSA) is 88.8 Å². The third-order valence-electron chi connectivity index (χ3n) is 5.09. The number of aromatic nitrogens is 3. The van der Waals surface area contributed by atoms with Gasteiger partial charge < -0.3 is 15.2 Å². The van der Waals surface area contributed by atoms with Crippen LogP contribution in [-0.4, -0.2) is 51.2 Å². The maximum absolute atomic E-state index is 12.6. The van der Waals surface area contributed by atoms with Crippen molar-refractivity contribution in [2.24, 2.45) is 5.41 Å². The second-order valence-electron chi connectivity index (χ2n) is 6.08. The van der Waals surface area contributed by atoms with E-state index in [9.17, 15) is 9.90 Å². The first-order valence-corrected chi connectivity index (χ1v) is 7.56. The molecule has 4 rings (SSSR count). The number of aliphatic hydroxyl groups is 1. The Morgan fingerprint density at radius 1 is 1.41 bits per heavy atom. The van der Waals surface area contributed by atoms with Gasteiger partial charge in [-0.25, -0.2) is 0 Å². The molecule has 2 N–H and O–H groups in total. The third-order valence-corrected chi connectivity index (χ3v) is 5.09. The number of fused-ring (bicyclic) bond motifs is 1. The number of carbonyl (C=O) groups excluding carboxylic acids is 1. The molecule has 1 aliphatic carbocycles. The molecule has 2 aromatic heterocycles. The zero-order valence-corrected chi connectivity index (χ0v) is 12.1. The molecular weight excluding hydrogens is 284 g/mol. The van der Waals surface area contributed by atoms with E-state index in [4.69, 9.17) is 4.74 Å². The summed E-state index contributed by atoms with van der Waals surface area (Å²) in [6, 6.07) is 3.58. The molecule has 22 heavy (non-hydrogen) atoms. The molecule has 2 atom stereocenters. The molecule has 0 unspecified atom stereocenters. The Hall–Kier alpha value is -1.99. The van der Waals surface area contributed by atoms with Crippen LogP contribution in [0.15, 0.2) is 24.5 Å². The third kappa shape index (κ3) is 1.93. The van der Waals surface area contributed by atoms with Gasteiger partial charge in [0.2, 0.25) is 0 Å². The molecule has 1 saturated heterocycles. The first kappa shape index (κ1) is 13.7. The summed E-state index contributed by atoms with van der Waals surface area (Å²) in [5.41, 5.74) is 0.965. The van der Waals surface area contributed by atoms with Crippen molar-refractivity contribution in [3.8, 4) is 0 Å². The fourth-order valence-corrected chi connectivity index (χ4v) is 3.64. The molecule has 1 saturated carbocycles. The van der Waals surface area contributed by atoms with Crippen molar-refractivity contribution in [1.29, 1.82) is 0 Å². The van der Waals surface area contributed by atoms with Crippen LogP contribution in [0.2, 0.25) is 0 Å². The standard InChI is InChI=1S/C15H18N4O3/c20-13-8-12(15(13)3-6-22-7-4-15)18-14(21)10-9-17-19-11(10)2-1-5-16-19/h1-2,5,9,12-13,20H,3-4,6-8H2,(H,18,21)/t12-,13-/m1/s1. The number of nitrogens with zero attached hydrogens (tertiary/aromatic N) is 3. The Morgan fingerprint density at radius 2 is 2.23 bits per heavy atom. The van der Waals surface area contributed by atoms with Crippen LogP contribution < -0.4 is 5.32 Å². The number of hydrogen-bond donors (Lipinski definition) is 2. The van der Waals surface area contributed by atoms with Crippen LogP contribution >= 0.6 is 0 Å². The first-order chi connectivity index (χ1) is 10.7. The van der Waals surface area contributed by atoms with Gasteiger partial charge in [0.05, 0.1) is 17.9 Å². The number of aliphatic hydroxyl groups excluding tert-OH is 1. The molecule has 116 valence electrons. The Morgan fingerprint density at radius 3 is 3.00 bits per heavy atom. The van der Waals surface area contributed by atoms with Crippen LogP contribution in [0.3, 0.4) is 0 Å². The number of nitrogens with one attached hydrogen (secondary N) is 1. The van der Waals surface area contributed by atoms with Crippen LogP contribution in [0.4, 0.5) is 0 Å². The van der Waals surface area contributed by atoms with Crippen LogP contribution in [0.1, 0.15) is 29.6 Å². The highest BCUT2D eigenvalue weighted by Crippen LogP contribution is 2.49. The summed E-state index contributed by atoms with van der Waals surface area (Å²) >= 11 is 0. The van der Waals surface area contributed by atoms with E-state index in [-0.39, 0.29) is 23.5 Å². The van der Waals surface area contributed by atoms with Gasteiger partial charge in [-0.3, -0.25) is 4.79 Å². The smallest absolute Gasteiger partial charge is 0.255 e. The average molecular weight is 302 g/mol. The maximum atomic E-state index is 12.6. The van der Waals surface area contributed by atoms with E-state index in [1.165, 1.54) is 10.8 Å². The number of carbonyl (C=O) groups is 1. The zero-order valence-electron chi connectivity index (χ0n) is 12.1. The van der Waals surface area contributed by atoms with Crippen molar-refractivity contribution in [1.82, 2.24) is 20.1 Å². The number of rotatable bonds is 2. The molecule has 2 aromatic rings. The largest absolute Gasteiger partial charge is 0.392 e. The molecule has 0 radical (unpaired) electrons. The van der Waals surface area contributed by atoms with Gasteiger partial charge >= 0.3 is 0 Å². The molecule has 2 aliphatic rings. The van der Waals surface area contributed by atoms with Crippen molar-refractivity contribution < 1.29 is 14.6 Å². The van der Waals surface area contributed by atoms with Gasteiger partial charge in [0.1, 0.15) is 5.52 Å². The van der Waals surface area contributed by atoms with Crippen molar-refractivity contribution in [2.75, 3.05) is 13.2 Å². The molecule has 7 nitrogen and oxygen atoms in total. The molecule has 7 heteroatoms. The summed E-state index contributed by atoms with van der Waals surface area (Å²) in [5, 5.41) is 21.4. The Bertz CT molecular complexity index is 708. The number of hydrogen-bond acceptors (Lipinski definition) is 5. The predicted molar refractivity (Wildman–Crippen MR) is 77.4 cm³/mol. The minimum Gasteiger partial charge on any atom is -0.392 e. The second-order valence-corrected chi connectivity index (χ2v) is 6.08. The summed E-state index contributed by atoms with van der Waals surface area (Å²) < 4.78 is 6.83. The van der Waals surface area contributed by atoms with Crippen molar-refractivity contribution in [3.05, 3.63) is 30.1 Å². The van der Waals surface area contributed by atoms with E-state index in [0.29, 0.717) is 30.7 Å². The van der Waals surface area contributed by atoms with Crippen LogP contribution in [0.5, 0.6) is 0 Å². The number of amides is 1. The molecule has 3 heterocycles. The highest BCUT2D eigenvalue weighted by Gasteiger charge is 2.55. The Labute approximate surface area is 127 Å². The van der Waals surface area contributed by atoms with Gasteiger partial charge in [-0.1, -0.05) is 0 Å². The van der Waals surface area contributed by atoms with Gasteiger partial charge in [-0.2, -0.15) is 14.8 Å². The lowest BCUT2D eigenvalue weighted by atomic mass is 9.58. The summed E-state index contributed by atoms with van der Waals surface area (Å²) in [6.07, 6.45) is 4.98. The quantitative estimate of drug-likeness (QED) is 0.838. The summed E-state index contributed by atoms with van der Waals surface area (Å²) in [7, 11) is 0. The molecular formula is C15H18N4O3. The lowest BCUT2D eigenvalue weighted by Gasteiger charge is -2.55. The maximum Gasteiger partial charge on any atom is 0.255 e. The highest BCUT2D eigenvalue weighted by molar-refractivity contribution is 6.00. The Balaban J connectivity index is 1.55. The van der Waals surface area contributed by atoms with Gasteiger partial charge in [-0.15, -0.1) is 0 Å². The average Bonchev–Trinajstić information content (AvgIpc) is 2.99. The van der Waals surface area contributed by atoms with Crippen molar-refractivity contribution in [3.63, 3.8) is 0 Å². The Kier molecular flexibility index (Phi) is 3.12.